The maximum atomic E-state index is 13.8. The molecule has 1 amide bonds. The molecule has 128 valence electrons. The smallest absolute Gasteiger partial charge is 0.259 e. The second-order valence-electron chi connectivity index (χ2n) is 6.08. The lowest BCUT2D eigenvalue weighted by molar-refractivity contribution is 0.102. The molecule has 0 aliphatic rings. The van der Waals surface area contributed by atoms with E-state index in [9.17, 15) is 9.18 Å². The molecule has 1 aromatic heterocycles. The van der Waals surface area contributed by atoms with Crippen LogP contribution >= 0.6 is 0 Å². The highest BCUT2D eigenvalue weighted by atomic mass is 19.1. The molecule has 4 rings (SSSR count). The number of hydrogen-bond acceptors (Lipinski definition) is 2. The Labute approximate surface area is 149 Å². The molecule has 0 spiro atoms. The molecule has 2 N–H and O–H groups in total. The SMILES string of the molecule is Cc1ccccc1-c1ccc2c(NC(=O)c3ccccc3F)n[nH]c2c1. The second kappa shape index (κ2) is 6.44. The van der Waals surface area contributed by atoms with E-state index in [0.29, 0.717) is 5.82 Å². The van der Waals surface area contributed by atoms with E-state index in [0.717, 1.165) is 22.0 Å². The topological polar surface area (TPSA) is 57.8 Å². The van der Waals surface area contributed by atoms with E-state index in [2.05, 4.69) is 34.6 Å². The van der Waals surface area contributed by atoms with Crippen molar-refractivity contribution < 1.29 is 9.18 Å². The third kappa shape index (κ3) is 2.84. The normalized spacial score (nSPS) is 10.8. The van der Waals surface area contributed by atoms with E-state index in [-0.39, 0.29) is 5.56 Å². The predicted molar refractivity (Wildman–Crippen MR) is 101 cm³/mol. The number of hydrogen-bond donors (Lipinski definition) is 2. The minimum Gasteiger partial charge on any atom is -0.304 e. The zero-order valence-electron chi connectivity index (χ0n) is 14.1. The number of carbonyl (C=O) groups is 1. The Balaban J connectivity index is 1.67. The number of halogens is 1. The zero-order valence-corrected chi connectivity index (χ0v) is 14.1. The molecule has 3 aromatic carbocycles. The van der Waals surface area contributed by atoms with Gasteiger partial charge in [0.2, 0.25) is 0 Å². The van der Waals surface area contributed by atoms with Gasteiger partial charge in [-0.15, -0.1) is 0 Å². The monoisotopic (exact) mass is 345 g/mol. The molecular weight excluding hydrogens is 329 g/mol. The van der Waals surface area contributed by atoms with Gasteiger partial charge in [-0.25, -0.2) is 4.39 Å². The molecule has 0 atom stereocenters. The molecule has 26 heavy (non-hydrogen) atoms. The summed E-state index contributed by atoms with van der Waals surface area (Å²) >= 11 is 0. The Kier molecular flexibility index (Phi) is 3.97. The number of nitrogens with one attached hydrogen (secondary N) is 2. The highest BCUT2D eigenvalue weighted by Crippen LogP contribution is 2.29. The third-order valence-electron chi connectivity index (χ3n) is 4.37. The lowest BCUT2D eigenvalue weighted by Gasteiger charge is -2.06. The zero-order chi connectivity index (χ0) is 18.1. The van der Waals surface area contributed by atoms with Crippen LogP contribution in [0.15, 0.2) is 66.7 Å². The first kappa shape index (κ1) is 16.0. The Bertz CT molecular complexity index is 1120. The van der Waals surface area contributed by atoms with Gasteiger partial charge in [0.15, 0.2) is 5.82 Å². The Morgan fingerprint density at radius 3 is 2.62 bits per heavy atom. The first-order valence-electron chi connectivity index (χ1n) is 8.23. The average molecular weight is 345 g/mol. The summed E-state index contributed by atoms with van der Waals surface area (Å²) in [5, 5.41) is 10.5. The molecule has 0 unspecified atom stereocenters. The van der Waals surface area contributed by atoms with Crippen LogP contribution in [0.1, 0.15) is 15.9 Å². The van der Waals surface area contributed by atoms with Crippen LogP contribution < -0.4 is 5.32 Å². The number of carbonyl (C=O) groups excluding carboxylic acids is 1. The minimum absolute atomic E-state index is 0.0137. The average Bonchev–Trinajstić information content (AvgIpc) is 3.04. The Morgan fingerprint density at radius 2 is 1.81 bits per heavy atom. The van der Waals surface area contributed by atoms with Crippen LogP contribution in [-0.2, 0) is 0 Å². The van der Waals surface area contributed by atoms with Gasteiger partial charge in [-0.2, -0.15) is 5.10 Å². The van der Waals surface area contributed by atoms with Crippen molar-refractivity contribution in [2.45, 2.75) is 6.92 Å². The van der Waals surface area contributed by atoms with Crippen LogP contribution in [0.25, 0.3) is 22.0 Å². The van der Waals surface area contributed by atoms with Gasteiger partial charge in [0.25, 0.3) is 5.91 Å². The van der Waals surface area contributed by atoms with Crippen LogP contribution in [0, 0.1) is 12.7 Å². The number of aromatic nitrogens is 2. The molecule has 0 aliphatic heterocycles. The molecule has 4 aromatic rings. The number of aryl methyl sites for hydroxylation is 1. The fourth-order valence-electron chi connectivity index (χ4n) is 3.00. The summed E-state index contributed by atoms with van der Waals surface area (Å²) in [5.74, 6) is -0.712. The van der Waals surface area contributed by atoms with Crippen molar-refractivity contribution in [3.8, 4) is 11.1 Å². The fourth-order valence-corrected chi connectivity index (χ4v) is 3.00. The van der Waals surface area contributed by atoms with Gasteiger partial charge >= 0.3 is 0 Å². The molecule has 5 heteroatoms. The highest BCUT2D eigenvalue weighted by molar-refractivity contribution is 6.08. The van der Waals surface area contributed by atoms with Crippen LogP contribution in [0.2, 0.25) is 0 Å². The summed E-state index contributed by atoms with van der Waals surface area (Å²) in [6.45, 7) is 2.06. The van der Waals surface area contributed by atoms with Gasteiger partial charge in [0.05, 0.1) is 11.1 Å². The third-order valence-corrected chi connectivity index (χ3v) is 4.37. The van der Waals surface area contributed by atoms with Gasteiger partial charge in [-0.3, -0.25) is 9.89 Å². The van der Waals surface area contributed by atoms with E-state index in [1.54, 1.807) is 12.1 Å². The number of aromatic amines is 1. The van der Waals surface area contributed by atoms with Gasteiger partial charge < -0.3 is 5.32 Å². The summed E-state index contributed by atoms with van der Waals surface area (Å²) in [6.07, 6.45) is 0. The largest absolute Gasteiger partial charge is 0.304 e. The Hall–Kier alpha value is -3.47. The van der Waals surface area contributed by atoms with E-state index in [1.807, 2.05) is 30.3 Å². The fraction of sp³-hybridized carbons (Fsp3) is 0.0476. The molecule has 0 saturated heterocycles. The summed E-state index contributed by atoms with van der Waals surface area (Å²) in [7, 11) is 0. The summed E-state index contributed by atoms with van der Waals surface area (Å²) < 4.78 is 13.8. The van der Waals surface area contributed by atoms with Gasteiger partial charge in [0, 0.05) is 5.39 Å². The number of benzene rings is 3. The number of anilines is 1. The second-order valence-corrected chi connectivity index (χ2v) is 6.08. The first-order valence-corrected chi connectivity index (χ1v) is 8.23. The number of amides is 1. The molecule has 0 saturated carbocycles. The molecule has 0 bridgehead atoms. The number of fused-ring (bicyclic) bond motifs is 1. The van der Waals surface area contributed by atoms with Crippen molar-refractivity contribution in [1.29, 1.82) is 0 Å². The lowest BCUT2D eigenvalue weighted by atomic mass is 10.00. The van der Waals surface area contributed by atoms with Crippen molar-refractivity contribution in [1.82, 2.24) is 10.2 Å². The number of nitrogens with zero attached hydrogens (tertiary/aromatic N) is 1. The van der Waals surface area contributed by atoms with E-state index >= 15 is 0 Å². The van der Waals surface area contributed by atoms with Crippen molar-refractivity contribution >= 4 is 22.6 Å². The van der Waals surface area contributed by atoms with Gasteiger partial charge in [0.1, 0.15) is 5.82 Å². The number of rotatable bonds is 3. The van der Waals surface area contributed by atoms with Crippen molar-refractivity contribution in [2.75, 3.05) is 5.32 Å². The Morgan fingerprint density at radius 1 is 1.04 bits per heavy atom. The highest BCUT2D eigenvalue weighted by Gasteiger charge is 2.15. The van der Waals surface area contributed by atoms with Crippen LogP contribution in [-0.4, -0.2) is 16.1 Å². The van der Waals surface area contributed by atoms with Crippen molar-refractivity contribution in [2.24, 2.45) is 0 Å². The first-order chi connectivity index (χ1) is 12.6. The van der Waals surface area contributed by atoms with Crippen molar-refractivity contribution in [3.63, 3.8) is 0 Å². The summed E-state index contributed by atoms with van der Waals surface area (Å²) in [5.41, 5.74) is 4.17. The molecular formula is C21H16FN3O. The van der Waals surface area contributed by atoms with E-state index < -0.39 is 11.7 Å². The summed E-state index contributed by atoms with van der Waals surface area (Å²) in [6, 6.07) is 19.9. The van der Waals surface area contributed by atoms with Gasteiger partial charge in [-0.05, 0) is 47.9 Å². The standard InChI is InChI=1S/C21H16FN3O/c1-13-6-2-3-7-15(13)14-10-11-17-19(12-14)24-25-20(17)23-21(26)16-8-4-5-9-18(16)22/h2-12H,1H3,(H2,23,24,25,26). The van der Waals surface area contributed by atoms with Crippen LogP contribution in [0.4, 0.5) is 10.2 Å². The van der Waals surface area contributed by atoms with E-state index in [4.69, 9.17) is 0 Å². The summed E-state index contributed by atoms with van der Waals surface area (Å²) in [4.78, 5) is 12.3. The number of H-pyrrole nitrogens is 1. The van der Waals surface area contributed by atoms with E-state index in [1.165, 1.54) is 17.7 Å². The van der Waals surface area contributed by atoms with Gasteiger partial charge in [-0.1, -0.05) is 42.5 Å². The van der Waals surface area contributed by atoms with Crippen molar-refractivity contribution in [3.05, 3.63) is 83.7 Å². The maximum absolute atomic E-state index is 13.8. The quantitative estimate of drug-likeness (QED) is 0.553. The molecule has 0 radical (unpaired) electrons. The van der Waals surface area contributed by atoms with Crippen LogP contribution in [0.3, 0.4) is 0 Å². The minimum atomic E-state index is -0.563. The molecule has 0 aliphatic carbocycles. The molecule has 0 fully saturated rings. The lowest BCUT2D eigenvalue weighted by Crippen LogP contribution is -2.14. The van der Waals surface area contributed by atoms with Crippen LogP contribution in [0.5, 0.6) is 0 Å². The molecule has 4 nitrogen and oxygen atoms in total. The maximum Gasteiger partial charge on any atom is 0.259 e. The predicted octanol–water partition coefficient (Wildman–Crippen LogP) is 4.93. The molecule has 1 heterocycles.